The largest absolute Gasteiger partial charge is 0.386 e. The molecule has 4 nitrogen and oxygen atoms in total. The zero-order chi connectivity index (χ0) is 14.2. The van der Waals surface area contributed by atoms with Crippen LogP contribution >= 0.6 is 0 Å². The Morgan fingerprint density at radius 1 is 1.15 bits per heavy atom. The standard InChI is InChI=1S/C15H13FN2O2/c16-13-6-8-14(9-7-13)18-15(19)11-20-17-10-12-4-2-1-3-5-12/h1-10H,11H2,(H,18,19)/b17-10-. The highest BCUT2D eigenvalue weighted by Gasteiger charge is 2.02. The Morgan fingerprint density at radius 3 is 2.55 bits per heavy atom. The second-order valence-electron chi connectivity index (χ2n) is 3.97. The third-order valence-corrected chi connectivity index (χ3v) is 2.40. The first-order valence-electron chi connectivity index (χ1n) is 6.00. The highest BCUT2D eigenvalue weighted by atomic mass is 19.1. The summed E-state index contributed by atoms with van der Waals surface area (Å²) in [5, 5.41) is 6.25. The van der Waals surface area contributed by atoms with Crippen molar-refractivity contribution in [3.8, 4) is 0 Å². The third-order valence-electron chi connectivity index (χ3n) is 2.40. The van der Waals surface area contributed by atoms with Gasteiger partial charge in [0, 0.05) is 5.69 Å². The van der Waals surface area contributed by atoms with Crippen molar-refractivity contribution >= 4 is 17.8 Å². The van der Waals surface area contributed by atoms with E-state index in [1.54, 1.807) is 0 Å². The average Bonchev–Trinajstić information content (AvgIpc) is 2.47. The van der Waals surface area contributed by atoms with Gasteiger partial charge in [0.25, 0.3) is 5.91 Å². The SMILES string of the molecule is O=C(CO/N=C\c1ccccc1)Nc1ccc(F)cc1. The highest BCUT2D eigenvalue weighted by Crippen LogP contribution is 2.07. The van der Waals surface area contributed by atoms with Crippen LogP contribution in [0, 0.1) is 5.82 Å². The molecule has 0 heterocycles. The molecule has 0 spiro atoms. The number of carbonyl (C=O) groups excluding carboxylic acids is 1. The fraction of sp³-hybridized carbons (Fsp3) is 0.0667. The van der Waals surface area contributed by atoms with E-state index < -0.39 is 0 Å². The van der Waals surface area contributed by atoms with Gasteiger partial charge in [-0.1, -0.05) is 35.5 Å². The Morgan fingerprint density at radius 2 is 1.85 bits per heavy atom. The minimum atomic E-state index is -0.359. The Hall–Kier alpha value is -2.69. The first-order chi connectivity index (χ1) is 9.74. The molecule has 20 heavy (non-hydrogen) atoms. The molecule has 0 atom stereocenters. The minimum absolute atomic E-state index is 0.208. The van der Waals surface area contributed by atoms with E-state index in [2.05, 4.69) is 10.5 Å². The second kappa shape index (κ2) is 7.04. The lowest BCUT2D eigenvalue weighted by molar-refractivity contribution is -0.120. The predicted molar refractivity (Wildman–Crippen MR) is 75.0 cm³/mol. The molecule has 2 rings (SSSR count). The summed E-state index contributed by atoms with van der Waals surface area (Å²) in [6.07, 6.45) is 1.52. The van der Waals surface area contributed by atoms with Gasteiger partial charge in [-0.15, -0.1) is 0 Å². The lowest BCUT2D eigenvalue weighted by atomic mass is 10.2. The topological polar surface area (TPSA) is 50.7 Å². The number of amides is 1. The van der Waals surface area contributed by atoms with E-state index in [0.717, 1.165) is 5.56 Å². The van der Waals surface area contributed by atoms with E-state index in [4.69, 9.17) is 4.84 Å². The number of carbonyl (C=O) groups is 1. The van der Waals surface area contributed by atoms with Gasteiger partial charge in [0.05, 0.1) is 6.21 Å². The maximum atomic E-state index is 12.7. The van der Waals surface area contributed by atoms with E-state index in [1.165, 1.54) is 30.5 Å². The summed E-state index contributed by atoms with van der Waals surface area (Å²) in [5.41, 5.74) is 1.39. The lowest BCUT2D eigenvalue weighted by Crippen LogP contribution is -2.16. The van der Waals surface area contributed by atoms with E-state index in [0.29, 0.717) is 5.69 Å². The summed E-state index contributed by atoms with van der Waals surface area (Å²) >= 11 is 0. The van der Waals surface area contributed by atoms with Crippen molar-refractivity contribution in [1.82, 2.24) is 0 Å². The van der Waals surface area contributed by atoms with Crippen LogP contribution in [-0.4, -0.2) is 18.7 Å². The monoisotopic (exact) mass is 272 g/mol. The second-order valence-corrected chi connectivity index (χ2v) is 3.97. The Bertz CT molecular complexity index is 583. The molecule has 5 heteroatoms. The van der Waals surface area contributed by atoms with Gasteiger partial charge in [-0.25, -0.2) is 4.39 Å². The molecule has 1 amide bonds. The molecule has 0 aliphatic rings. The fourth-order valence-corrected chi connectivity index (χ4v) is 1.46. The number of hydrogen-bond acceptors (Lipinski definition) is 3. The Balaban J connectivity index is 1.75. The molecule has 2 aromatic carbocycles. The zero-order valence-corrected chi connectivity index (χ0v) is 10.6. The predicted octanol–water partition coefficient (Wildman–Crippen LogP) is 2.81. The first kappa shape index (κ1) is 13.7. The summed E-state index contributed by atoms with van der Waals surface area (Å²) in [5.74, 6) is -0.714. The van der Waals surface area contributed by atoms with Crippen molar-refractivity contribution in [2.75, 3.05) is 11.9 Å². The quantitative estimate of drug-likeness (QED) is 0.672. The molecule has 0 aliphatic carbocycles. The number of anilines is 1. The molecule has 2 aromatic rings. The number of benzene rings is 2. The third kappa shape index (κ3) is 4.53. The van der Waals surface area contributed by atoms with Crippen molar-refractivity contribution in [3.05, 3.63) is 66.0 Å². The van der Waals surface area contributed by atoms with Crippen LogP contribution in [0.25, 0.3) is 0 Å². The van der Waals surface area contributed by atoms with Crippen molar-refractivity contribution in [2.24, 2.45) is 5.16 Å². The zero-order valence-electron chi connectivity index (χ0n) is 10.6. The summed E-state index contributed by atoms with van der Waals surface area (Å²) in [4.78, 5) is 16.4. The summed E-state index contributed by atoms with van der Waals surface area (Å²) in [6.45, 7) is -0.208. The molecule has 0 radical (unpaired) electrons. The van der Waals surface area contributed by atoms with Crippen LogP contribution in [0.3, 0.4) is 0 Å². The van der Waals surface area contributed by atoms with Crippen LogP contribution in [0.4, 0.5) is 10.1 Å². The van der Waals surface area contributed by atoms with Gasteiger partial charge in [-0.05, 0) is 29.8 Å². The summed E-state index contributed by atoms with van der Waals surface area (Å²) in [7, 11) is 0. The van der Waals surface area contributed by atoms with Crippen LogP contribution < -0.4 is 5.32 Å². The number of oxime groups is 1. The Labute approximate surface area is 115 Å². The number of hydrogen-bond donors (Lipinski definition) is 1. The maximum absolute atomic E-state index is 12.7. The molecular weight excluding hydrogens is 259 g/mol. The molecule has 102 valence electrons. The van der Waals surface area contributed by atoms with Gasteiger partial charge in [0.1, 0.15) is 5.82 Å². The van der Waals surface area contributed by atoms with Crippen molar-refractivity contribution in [2.45, 2.75) is 0 Å². The molecule has 0 unspecified atom stereocenters. The Kier molecular flexibility index (Phi) is 4.83. The molecule has 0 saturated heterocycles. The first-order valence-corrected chi connectivity index (χ1v) is 6.00. The van der Waals surface area contributed by atoms with Gasteiger partial charge in [-0.2, -0.15) is 0 Å². The van der Waals surface area contributed by atoms with Gasteiger partial charge in [0.15, 0.2) is 6.61 Å². The van der Waals surface area contributed by atoms with Gasteiger partial charge < -0.3 is 10.2 Å². The van der Waals surface area contributed by atoms with Gasteiger partial charge in [0.2, 0.25) is 0 Å². The number of nitrogens with one attached hydrogen (secondary N) is 1. The molecule has 0 aliphatic heterocycles. The number of rotatable bonds is 5. The van der Waals surface area contributed by atoms with Crippen molar-refractivity contribution < 1.29 is 14.0 Å². The van der Waals surface area contributed by atoms with E-state index in [-0.39, 0.29) is 18.3 Å². The molecular formula is C15H13FN2O2. The molecule has 0 bridgehead atoms. The summed E-state index contributed by atoms with van der Waals surface area (Å²) in [6, 6.07) is 14.9. The summed E-state index contributed by atoms with van der Waals surface area (Å²) < 4.78 is 12.7. The normalized spacial score (nSPS) is 10.4. The van der Waals surface area contributed by atoms with Crippen LogP contribution in [-0.2, 0) is 9.63 Å². The van der Waals surface area contributed by atoms with Crippen LogP contribution in [0.2, 0.25) is 0 Å². The molecule has 0 saturated carbocycles. The average molecular weight is 272 g/mol. The smallest absolute Gasteiger partial charge is 0.265 e. The maximum Gasteiger partial charge on any atom is 0.265 e. The van der Waals surface area contributed by atoms with E-state index in [1.807, 2.05) is 30.3 Å². The fourth-order valence-electron chi connectivity index (χ4n) is 1.46. The van der Waals surface area contributed by atoms with Crippen molar-refractivity contribution in [1.29, 1.82) is 0 Å². The molecule has 0 aromatic heterocycles. The van der Waals surface area contributed by atoms with Gasteiger partial charge >= 0.3 is 0 Å². The molecule has 0 fully saturated rings. The number of nitrogens with zero attached hydrogens (tertiary/aromatic N) is 1. The van der Waals surface area contributed by atoms with Crippen molar-refractivity contribution in [3.63, 3.8) is 0 Å². The highest BCUT2D eigenvalue weighted by molar-refractivity contribution is 5.91. The minimum Gasteiger partial charge on any atom is -0.386 e. The molecule has 1 N–H and O–H groups in total. The number of halogens is 1. The van der Waals surface area contributed by atoms with Crippen LogP contribution in [0.15, 0.2) is 59.8 Å². The van der Waals surface area contributed by atoms with Gasteiger partial charge in [-0.3, -0.25) is 4.79 Å². The van der Waals surface area contributed by atoms with E-state index >= 15 is 0 Å². The van der Waals surface area contributed by atoms with Crippen LogP contribution in [0.5, 0.6) is 0 Å². The lowest BCUT2D eigenvalue weighted by Gasteiger charge is -2.03. The van der Waals surface area contributed by atoms with Crippen LogP contribution in [0.1, 0.15) is 5.56 Å². The van der Waals surface area contributed by atoms with E-state index in [9.17, 15) is 9.18 Å².